The third-order valence-electron chi connectivity index (χ3n) is 3.20. The number of quaternary nitrogens is 1. The average Bonchev–Trinajstić information content (AvgIpc) is 2.46. The Morgan fingerprint density at radius 1 is 1.40 bits per heavy atom. The summed E-state index contributed by atoms with van der Waals surface area (Å²) in [5.41, 5.74) is 0.519. The molecule has 0 radical (unpaired) electrons. The Bertz CT molecular complexity index is 418. The lowest BCUT2D eigenvalue weighted by atomic mass is 10.1. The highest BCUT2D eigenvalue weighted by Crippen LogP contribution is 2.18. The van der Waals surface area contributed by atoms with Gasteiger partial charge in [-0.25, -0.2) is 0 Å². The second kappa shape index (κ2) is 8.68. The van der Waals surface area contributed by atoms with Gasteiger partial charge in [-0.2, -0.15) is 0 Å². The maximum atomic E-state index is 11.4. The van der Waals surface area contributed by atoms with Crippen LogP contribution in [0.25, 0.3) is 0 Å². The number of ketones is 1. The van der Waals surface area contributed by atoms with Crippen molar-refractivity contribution in [2.75, 3.05) is 19.8 Å². The van der Waals surface area contributed by atoms with Crippen LogP contribution in [-0.4, -0.2) is 47.9 Å². The zero-order valence-corrected chi connectivity index (χ0v) is 12.1. The largest absolute Gasteiger partial charge is 0.490 e. The predicted octanol–water partition coefficient (Wildman–Crippen LogP) is -0.0368. The Balaban J connectivity index is 2.45. The number of aliphatic hydroxyl groups is 2. The minimum Gasteiger partial charge on any atom is -0.490 e. The van der Waals surface area contributed by atoms with Gasteiger partial charge in [-0.3, -0.25) is 4.79 Å². The van der Waals surface area contributed by atoms with Crippen molar-refractivity contribution in [3.05, 3.63) is 29.8 Å². The van der Waals surface area contributed by atoms with Gasteiger partial charge in [0.05, 0.1) is 12.2 Å². The van der Waals surface area contributed by atoms with E-state index in [4.69, 9.17) is 9.84 Å². The van der Waals surface area contributed by atoms with Gasteiger partial charge in [-0.15, -0.1) is 0 Å². The number of rotatable bonds is 9. The van der Waals surface area contributed by atoms with Crippen molar-refractivity contribution in [3.63, 3.8) is 0 Å². The molecular formula is C15H24NO4+. The van der Waals surface area contributed by atoms with Gasteiger partial charge in [-0.1, -0.05) is 19.1 Å². The first-order valence-corrected chi connectivity index (χ1v) is 6.93. The van der Waals surface area contributed by atoms with Crippen LogP contribution in [0.5, 0.6) is 5.75 Å². The van der Waals surface area contributed by atoms with Crippen molar-refractivity contribution in [1.82, 2.24) is 0 Å². The molecule has 0 amide bonds. The minimum absolute atomic E-state index is 0.0621. The zero-order chi connectivity index (χ0) is 15.0. The first kappa shape index (κ1) is 16.6. The van der Waals surface area contributed by atoms with Crippen LogP contribution in [0.3, 0.4) is 0 Å². The van der Waals surface area contributed by atoms with E-state index < -0.39 is 6.10 Å². The summed E-state index contributed by atoms with van der Waals surface area (Å²) < 4.78 is 5.51. The molecule has 1 aromatic rings. The predicted molar refractivity (Wildman–Crippen MR) is 75.9 cm³/mol. The van der Waals surface area contributed by atoms with E-state index in [-0.39, 0.29) is 25.0 Å². The lowest BCUT2D eigenvalue weighted by Crippen LogP contribution is -2.92. The van der Waals surface area contributed by atoms with E-state index >= 15 is 0 Å². The number of para-hydroxylation sites is 1. The molecule has 0 bridgehead atoms. The van der Waals surface area contributed by atoms with Crippen LogP contribution >= 0.6 is 0 Å². The van der Waals surface area contributed by atoms with Crippen LogP contribution in [0.15, 0.2) is 24.3 Å². The van der Waals surface area contributed by atoms with E-state index in [2.05, 4.69) is 0 Å². The number of hydrogen-bond donors (Lipinski definition) is 3. The molecule has 0 heterocycles. The van der Waals surface area contributed by atoms with Gasteiger partial charge in [-0.05, 0) is 25.5 Å². The van der Waals surface area contributed by atoms with Crippen LogP contribution in [0, 0.1) is 0 Å². The summed E-state index contributed by atoms with van der Waals surface area (Å²) in [5, 5.41) is 20.8. The quantitative estimate of drug-likeness (QED) is 0.555. The average molecular weight is 282 g/mol. The third-order valence-corrected chi connectivity index (χ3v) is 3.20. The molecule has 0 aliphatic rings. The highest BCUT2D eigenvalue weighted by atomic mass is 16.5. The molecule has 0 aliphatic heterocycles. The van der Waals surface area contributed by atoms with Gasteiger partial charge in [0.2, 0.25) is 0 Å². The van der Waals surface area contributed by atoms with Gasteiger partial charge >= 0.3 is 0 Å². The fraction of sp³-hybridized carbons (Fsp3) is 0.533. The topological polar surface area (TPSA) is 83.4 Å². The lowest BCUT2D eigenvalue weighted by molar-refractivity contribution is -0.696. The van der Waals surface area contributed by atoms with Gasteiger partial charge < -0.3 is 20.3 Å². The second-order valence-electron chi connectivity index (χ2n) is 4.84. The monoisotopic (exact) mass is 282 g/mol. The van der Waals surface area contributed by atoms with Gasteiger partial charge in [0.1, 0.15) is 31.0 Å². The van der Waals surface area contributed by atoms with Crippen molar-refractivity contribution < 1.29 is 25.1 Å². The summed E-state index contributed by atoms with van der Waals surface area (Å²) in [4.78, 5) is 11.4. The molecule has 2 atom stereocenters. The van der Waals surface area contributed by atoms with E-state index in [0.717, 1.165) is 6.42 Å². The molecular weight excluding hydrogens is 258 g/mol. The Hall–Kier alpha value is -1.43. The standard InChI is InChI=1S/C15H23NO4/c1-3-12(9-17)16-8-13(19)10-20-15-7-5-4-6-14(15)11(2)18/h4-7,12-13,16-17,19H,3,8-10H2,1-2H3/p+1/t12-,13+/m0/s1. The molecule has 20 heavy (non-hydrogen) atoms. The molecule has 0 fully saturated rings. The highest BCUT2D eigenvalue weighted by Gasteiger charge is 2.14. The van der Waals surface area contributed by atoms with E-state index in [0.29, 0.717) is 17.9 Å². The zero-order valence-electron chi connectivity index (χ0n) is 12.1. The number of carbonyl (C=O) groups excluding carboxylic acids is 1. The summed E-state index contributed by atoms with van der Waals surface area (Å²) in [7, 11) is 0. The number of benzene rings is 1. The molecule has 0 spiro atoms. The SMILES string of the molecule is CC[C@@H](CO)[NH2+]C[C@@H](O)COc1ccccc1C(C)=O. The van der Waals surface area contributed by atoms with Crippen molar-refractivity contribution in [2.45, 2.75) is 32.4 Å². The number of hydrogen-bond acceptors (Lipinski definition) is 4. The molecule has 0 aromatic heterocycles. The number of ether oxygens (including phenoxy) is 1. The summed E-state index contributed by atoms with van der Waals surface area (Å²) in [6.07, 6.45) is 0.202. The molecule has 4 N–H and O–H groups in total. The van der Waals surface area contributed by atoms with Crippen LogP contribution in [-0.2, 0) is 0 Å². The maximum Gasteiger partial charge on any atom is 0.163 e. The molecule has 1 rings (SSSR count). The van der Waals surface area contributed by atoms with Crippen molar-refractivity contribution >= 4 is 5.78 Å². The smallest absolute Gasteiger partial charge is 0.163 e. The Kier molecular flexibility index (Phi) is 7.22. The molecule has 1 aromatic carbocycles. The first-order chi connectivity index (χ1) is 9.58. The Morgan fingerprint density at radius 2 is 2.10 bits per heavy atom. The van der Waals surface area contributed by atoms with Crippen LogP contribution in [0.2, 0.25) is 0 Å². The molecule has 0 saturated heterocycles. The van der Waals surface area contributed by atoms with Crippen molar-refractivity contribution in [2.24, 2.45) is 0 Å². The van der Waals surface area contributed by atoms with Crippen LogP contribution in [0.4, 0.5) is 0 Å². The van der Waals surface area contributed by atoms with Crippen LogP contribution < -0.4 is 10.1 Å². The number of nitrogens with two attached hydrogens (primary N) is 1. The van der Waals surface area contributed by atoms with Gasteiger partial charge in [0, 0.05) is 0 Å². The molecule has 0 unspecified atom stereocenters. The summed E-state index contributed by atoms with van der Waals surface area (Å²) in [6.45, 7) is 4.16. The van der Waals surface area contributed by atoms with Gasteiger partial charge in [0.25, 0.3) is 0 Å². The molecule has 5 heteroatoms. The Labute approximate surface area is 119 Å². The van der Waals surface area contributed by atoms with Gasteiger partial charge in [0.15, 0.2) is 5.78 Å². The fourth-order valence-electron chi connectivity index (χ4n) is 1.86. The molecule has 5 nitrogen and oxygen atoms in total. The molecule has 0 aliphatic carbocycles. The third kappa shape index (κ3) is 5.28. The first-order valence-electron chi connectivity index (χ1n) is 6.93. The fourth-order valence-corrected chi connectivity index (χ4v) is 1.86. The lowest BCUT2D eigenvalue weighted by Gasteiger charge is -2.16. The van der Waals surface area contributed by atoms with Crippen molar-refractivity contribution in [3.8, 4) is 5.75 Å². The maximum absolute atomic E-state index is 11.4. The summed E-state index contributed by atoms with van der Waals surface area (Å²) in [5.74, 6) is 0.432. The Morgan fingerprint density at radius 3 is 2.70 bits per heavy atom. The minimum atomic E-state index is -0.643. The second-order valence-corrected chi connectivity index (χ2v) is 4.84. The van der Waals surface area contributed by atoms with Crippen molar-refractivity contribution in [1.29, 1.82) is 0 Å². The van der Waals surface area contributed by atoms with Crippen LogP contribution in [0.1, 0.15) is 30.6 Å². The van der Waals surface area contributed by atoms with E-state index in [1.165, 1.54) is 6.92 Å². The molecule has 0 saturated carbocycles. The van der Waals surface area contributed by atoms with E-state index in [1.807, 2.05) is 12.2 Å². The van der Waals surface area contributed by atoms with E-state index in [9.17, 15) is 9.90 Å². The van der Waals surface area contributed by atoms with E-state index in [1.54, 1.807) is 24.3 Å². The number of aliphatic hydroxyl groups excluding tert-OH is 2. The highest BCUT2D eigenvalue weighted by molar-refractivity contribution is 5.96. The normalized spacial score (nSPS) is 13.8. The summed E-state index contributed by atoms with van der Waals surface area (Å²) in [6, 6.07) is 7.10. The number of carbonyl (C=O) groups is 1. The molecule has 112 valence electrons. The number of Topliss-reactive ketones (excluding diaryl/α,β-unsaturated/α-hetero) is 1. The summed E-state index contributed by atoms with van der Waals surface area (Å²) >= 11 is 0.